The summed E-state index contributed by atoms with van der Waals surface area (Å²) in [4.78, 5) is 28.5. The molecule has 0 spiro atoms. The highest BCUT2D eigenvalue weighted by atomic mass is 16.5. The van der Waals surface area contributed by atoms with Crippen LogP contribution in [0.15, 0.2) is 54.7 Å². The number of nitrogens with zero attached hydrogens (tertiary/aromatic N) is 4. The number of aliphatic hydroxyl groups is 1. The smallest absolute Gasteiger partial charge is 0.408 e. The van der Waals surface area contributed by atoms with E-state index in [1.165, 1.54) is 11.0 Å². The Balaban J connectivity index is 1.48. The first-order valence-electron chi connectivity index (χ1n) is 11.0. The maximum absolute atomic E-state index is 13.1. The van der Waals surface area contributed by atoms with Crippen molar-refractivity contribution in [3.05, 3.63) is 71.5 Å². The van der Waals surface area contributed by atoms with Crippen LogP contribution in [0.5, 0.6) is 11.5 Å². The van der Waals surface area contributed by atoms with Crippen molar-refractivity contribution in [2.75, 3.05) is 14.2 Å². The fraction of sp³-hybridized carbons (Fsp3) is 0.333. The molecule has 4 rings (SSSR count). The summed E-state index contributed by atoms with van der Waals surface area (Å²) in [5.41, 5.74) is 2.02. The molecule has 1 saturated heterocycles. The van der Waals surface area contributed by atoms with Gasteiger partial charge in [-0.3, -0.25) is 4.79 Å². The lowest BCUT2D eigenvalue weighted by Gasteiger charge is -2.46. The Morgan fingerprint density at radius 3 is 2.63 bits per heavy atom. The van der Waals surface area contributed by atoms with E-state index in [9.17, 15) is 14.7 Å². The number of carbonyl (C=O) groups is 2. The third kappa shape index (κ3) is 5.52. The first kappa shape index (κ1) is 24.0. The lowest BCUT2D eigenvalue weighted by molar-refractivity contribution is -0.153. The Bertz CT molecular complexity index is 1170. The second-order valence-electron chi connectivity index (χ2n) is 7.94. The molecular formula is C24H27N5O6. The Morgan fingerprint density at radius 1 is 1.14 bits per heavy atom. The number of likely N-dealkylation sites (tertiary alicyclic amines) is 1. The van der Waals surface area contributed by atoms with Crippen LogP contribution in [0.2, 0.25) is 0 Å². The van der Waals surface area contributed by atoms with Crippen molar-refractivity contribution >= 4 is 12.0 Å². The molecule has 3 aromatic rings. The molecule has 184 valence electrons. The van der Waals surface area contributed by atoms with Crippen LogP contribution in [-0.2, 0) is 35.8 Å². The highest BCUT2D eigenvalue weighted by molar-refractivity contribution is 5.92. The molecule has 1 aliphatic heterocycles. The van der Waals surface area contributed by atoms with Gasteiger partial charge in [-0.2, -0.15) is 15.0 Å². The average molecular weight is 482 g/mol. The second kappa shape index (κ2) is 10.9. The average Bonchev–Trinajstić information content (AvgIpc) is 3.36. The Hall–Kier alpha value is -4.12. The number of β-lactam (4-membered cyclic amide) rings is 1. The number of ether oxygens (including phenoxy) is 3. The van der Waals surface area contributed by atoms with Crippen molar-refractivity contribution in [1.82, 2.24) is 25.2 Å². The summed E-state index contributed by atoms with van der Waals surface area (Å²) in [5, 5.41) is 20.3. The standard InChI is InChI=1S/C24H27N5O6/c1-33-19-9-8-17(21(10-19)34-2)12-28-20(13-29-25-11-18(14-30)27-29)22(23(28)31)26-24(32)35-15-16-6-4-3-5-7-16/h3-11,20,22,30H,12-15H2,1-2H3,(H,26,32)/t20-,22+/m1/s1. The van der Waals surface area contributed by atoms with E-state index in [1.54, 1.807) is 31.3 Å². The molecule has 0 saturated carbocycles. The Kier molecular flexibility index (Phi) is 7.46. The lowest BCUT2D eigenvalue weighted by atomic mass is 9.94. The van der Waals surface area contributed by atoms with E-state index >= 15 is 0 Å². The third-order valence-corrected chi connectivity index (χ3v) is 5.75. The predicted octanol–water partition coefficient (Wildman–Crippen LogP) is 1.49. The molecule has 0 unspecified atom stereocenters. The van der Waals surface area contributed by atoms with E-state index in [1.807, 2.05) is 36.4 Å². The number of rotatable bonds is 10. The van der Waals surface area contributed by atoms with Gasteiger partial charge in [0, 0.05) is 18.2 Å². The molecule has 11 nitrogen and oxygen atoms in total. The summed E-state index contributed by atoms with van der Waals surface area (Å²) in [5.74, 6) is 0.948. The summed E-state index contributed by atoms with van der Waals surface area (Å²) in [6.45, 7) is 0.311. The predicted molar refractivity (Wildman–Crippen MR) is 123 cm³/mol. The molecule has 0 bridgehead atoms. The second-order valence-corrected chi connectivity index (χ2v) is 7.94. The number of hydrogen-bond donors (Lipinski definition) is 2. The number of nitrogens with one attached hydrogen (secondary N) is 1. The van der Waals surface area contributed by atoms with Crippen LogP contribution in [0, 0.1) is 0 Å². The number of benzene rings is 2. The summed E-state index contributed by atoms with van der Waals surface area (Å²) in [6.07, 6.45) is 0.761. The number of amides is 2. The zero-order valence-corrected chi connectivity index (χ0v) is 19.5. The van der Waals surface area contributed by atoms with Crippen LogP contribution in [0.4, 0.5) is 4.79 Å². The van der Waals surface area contributed by atoms with Gasteiger partial charge >= 0.3 is 6.09 Å². The zero-order chi connectivity index (χ0) is 24.8. The van der Waals surface area contributed by atoms with Gasteiger partial charge < -0.3 is 29.5 Å². The van der Waals surface area contributed by atoms with E-state index in [2.05, 4.69) is 15.5 Å². The molecule has 1 aromatic heterocycles. The first-order valence-corrected chi connectivity index (χ1v) is 11.0. The molecule has 0 radical (unpaired) electrons. The van der Waals surface area contributed by atoms with Crippen molar-refractivity contribution < 1.29 is 28.9 Å². The van der Waals surface area contributed by atoms with E-state index in [-0.39, 0.29) is 32.2 Å². The largest absolute Gasteiger partial charge is 0.497 e. The van der Waals surface area contributed by atoms with Gasteiger partial charge in [-0.05, 0) is 17.7 Å². The van der Waals surface area contributed by atoms with Crippen molar-refractivity contribution in [1.29, 1.82) is 0 Å². The first-order chi connectivity index (χ1) is 17.0. The van der Waals surface area contributed by atoms with Gasteiger partial charge in [0.25, 0.3) is 0 Å². The minimum absolute atomic E-state index is 0.0889. The third-order valence-electron chi connectivity index (χ3n) is 5.75. The van der Waals surface area contributed by atoms with E-state index in [4.69, 9.17) is 14.2 Å². The lowest BCUT2D eigenvalue weighted by Crippen LogP contribution is -2.71. The van der Waals surface area contributed by atoms with Crippen LogP contribution < -0.4 is 14.8 Å². The fourth-order valence-electron chi connectivity index (χ4n) is 3.88. The zero-order valence-electron chi connectivity index (χ0n) is 19.5. The minimum Gasteiger partial charge on any atom is -0.497 e. The SMILES string of the molecule is COc1ccc(CN2C(=O)[C@@H](NC(=O)OCc3ccccc3)[C@H]2Cn2ncc(CO)n2)c(OC)c1. The van der Waals surface area contributed by atoms with Crippen molar-refractivity contribution in [2.45, 2.75) is 38.4 Å². The van der Waals surface area contributed by atoms with E-state index in [0.717, 1.165) is 11.1 Å². The van der Waals surface area contributed by atoms with Crippen molar-refractivity contribution in [2.24, 2.45) is 0 Å². The van der Waals surface area contributed by atoms with Crippen molar-refractivity contribution in [3.63, 3.8) is 0 Å². The van der Waals surface area contributed by atoms with Crippen LogP contribution in [0.25, 0.3) is 0 Å². The van der Waals surface area contributed by atoms with Gasteiger partial charge in [0.1, 0.15) is 29.8 Å². The summed E-state index contributed by atoms with van der Waals surface area (Å²) in [7, 11) is 3.11. The molecule has 2 heterocycles. The number of methoxy groups -OCH3 is 2. The Morgan fingerprint density at radius 2 is 1.94 bits per heavy atom. The van der Waals surface area contributed by atoms with Gasteiger partial charge in [-0.25, -0.2) is 4.79 Å². The highest BCUT2D eigenvalue weighted by Gasteiger charge is 2.49. The molecule has 1 fully saturated rings. The summed E-state index contributed by atoms with van der Waals surface area (Å²) >= 11 is 0. The molecule has 2 atom stereocenters. The van der Waals surface area contributed by atoms with Gasteiger partial charge in [-0.15, -0.1) is 0 Å². The van der Waals surface area contributed by atoms with Crippen LogP contribution in [-0.4, -0.2) is 63.3 Å². The normalized spacial score (nSPS) is 17.0. The van der Waals surface area contributed by atoms with E-state index < -0.39 is 18.2 Å². The molecule has 11 heteroatoms. The van der Waals surface area contributed by atoms with Gasteiger partial charge in [0.05, 0.1) is 39.6 Å². The molecule has 2 amide bonds. The molecule has 2 aromatic carbocycles. The molecular weight excluding hydrogens is 454 g/mol. The van der Waals surface area contributed by atoms with Crippen molar-refractivity contribution in [3.8, 4) is 11.5 Å². The molecule has 2 N–H and O–H groups in total. The summed E-state index contributed by atoms with van der Waals surface area (Å²) in [6, 6.07) is 13.4. The topological polar surface area (TPSA) is 128 Å². The van der Waals surface area contributed by atoms with E-state index in [0.29, 0.717) is 17.2 Å². The maximum atomic E-state index is 13.1. The van der Waals surface area contributed by atoms with Gasteiger partial charge in [0.2, 0.25) is 5.91 Å². The van der Waals surface area contributed by atoms with Crippen LogP contribution >= 0.6 is 0 Å². The van der Waals surface area contributed by atoms with Crippen LogP contribution in [0.3, 0.4) is 0 Å². The van der Waals surface area contributed by atoms with Gasteiger partial charge in [-0.1, -0.05) is 30.3 Å². The molecule has 0 aliphatic carbocycles. The highest BCUT2D eigenvalue weighted by Crippen LogP contribution is 2.30. The monoisotopic (exact) mass is 481 g/mol. The number of aliphatic hydroxyl groups excluding tert-OH is 1. The quantitative estimate of drug-likeness (QED) is 0.417. The number of alkyl carbamates (subject to hydrolysis) is 1. The maximum Gasteiger partial charge on any atom is 0.408 e. The Labute approximate surface area is 202 Å². The molecule has 35 heavy (non-hydrogen) atoms. The number of carbonyl (C=O) groups excluding carboxylic acids is 2. The number of hydrogen-bond acceptors (Lipinski definition) is 8. The van der Waals surface area contributed by atoms with Gasteiger partial charge in [0.15, 0.2) is 0 Å². The number of aromatic nitrogens is 3. The van der Waals surface area contributed by atoms with Crippen LogP contribution in [0.1, 0.15) is 16.8 Å². The minimum atomic E-state index is -0.814. The fourth-order valence-corrected chi connectivity index (χ4v) is 3.88. The summed E-state index contributed by atoms with van der Waals surface area (Å²) < 4.78 is 16.0. The molecule has 1 aliphatic rings.